The summed E-state index contributed by atoms with van der Waals surface area (Å²) in [6.07, 6.45) is -2.95. The summed E-state index contributed by atoms with van der Waals surface area (Å²) in [5.74, 6) is 2.14. The van der Waals surface area contributed by atoms with E-state index in [1.54, 1.807) is 42.8 Å². The second kappa shape index (κ2) is 12.9. The molecule has 0 aliphatic rings. The number of nitrogens with zero attached hydrogens (tertiary/aromatic N) is 2. The highest BCUT2D eigenvalue weighted by molar-refractivity contribution is 6.12. The molecule has 0 aliphatic carbocycles. The van der Waals surface area contributed by atoms with Crippen LogP contribution in [0.4, 0.5) is 29.1 Å². The molecule has 0 unspecified atom stereocenters. The number of benzene rings is 2. The van der Waals surface area contributed by atoms with Crippen molar-refractivity contribution in [3.05, 3.63) is 72.2 Å². The number of aromatic nitrogens is 2. The SMILES string of the molecule is C=C(F)C(=O)Nc1ccc(-c2c(-c3ccc(C(=O)NCC(F)(F)F)c(OC)c3)c3c(N)ncc(C#CC(=O)CC)c3n2C)cc1. The predicted octanol–water partition coefficient (Wildman–Crippen LogP) is 5.54. The van der Waals surface area contributed by atoms with E-state index in [2.05, 4.69) is 28.7 Å². The smallest absolute Gasteiger partial charge is 0.405 e. The van der Waals surface area contributed by atoms with E-state index in [4.69, 9.17) is 10.5 Å². The van der Waals surface area contributed by atoms with Gasteiger partial charge in [-0.05, 0) is 41.3 Å². The summed E-state index contributed by atoms with van der Waals surface area (Å²) in [4.78, 5) is 40.7. The summed E-state index contributed by atoms with van der Waals surface area (Å²) in [6, 6.07) is 10.8. The van der Waals surface area contributed by atoms with Crippen LogP contribution < -0.4 is 21.1 Å². The van der Waals surface area contributed by atoms with E-state index in [1.807, 2.05) is 5.32 Å². The van der Waals surface area contributed by atoms with Crippen molar-refractivity contribution in [2.75, 3.05) is 24.7 Å². The average Bonchev–Trinajstić information content (AvgIpc) is 3.32. The number of halogens is 4. The van der Waals surface area contributed by atoms with E-state index in [1.165, 1.54) is 31.5 Å². The first-order valence-corrected chi connectivity index (χ1v) is 13.4. The van der Waals surface area contributed by atoms with Crippen LogP contribution in [0.5, 0.6) is 5.75 Å². The molecule has 0 spiro atoms. The van der Waals surface area contributed by atoms with E-state index < -0.39 is 30.4 Å². The third kappa shape index (κ3) is 6.96. The summed E-state index contributed by atoms with van der Waals surface area (Å²) in [7, 11) is 3.02. The lowest BCUT2D eigenvalue weighted by Crippen LogP contribution is -2.33. The maximum atomic E-state index is 13.2. The number of nitrogens with one attached hydrogen (secondary N) is 2. The van der Waals surface area contributed by atoms with Gasteiger partial charge in [0.2, 0.25) is 5.78 Å². The summed E-state index contributed by atoms with van der Waals surface area (Å²) < 4.78 is 58.6. The van der Waals surface area contributed by atoms with Crippen LogP contribution in [0.1, 0.15) is 29.3 Å². The zero-order valence-electron chi connectivity index (χ0n) is 24.4. The Hall–Kier alpha value is -5.64. The molecule has 0 bridgehead atoms. The number of carbonyl (C=O) groups is 3. The molecule has 0 aliphatic heterocycles. The Balaban J connectivity index is 1.97. The molecule has 2 aromatic carbocycles. The van der Waals surface area contributed by atoms with Crippen molar-refractivity contribution in [3.63, 3.8) is 0 Å². The largest absolute Gasteiger partial charge is 0.496 e. The van der Waals surface area contributed by atoms with E-state index in [9.17, 15) is 31.9 Å². The van der Waals surface area contributed by atoms with Gasteiger partial charge in [0.15, 0.2) is 5.83 Å². The fraction of sp³-hybridized carbons (Fsp3) is 0.188. The Labute approximate surface area is 255 Å². The van der Waals surface area contributed by atoms with Gasteiger partial charge in [0, 0.05) is 30.9 Å². The first-order chi connectivity index (χ1) is 21.2. The van der Waals surface area contributed by atoms with Gasteiger partial charge in [0.05, 0.1) is 34.8 Å². The van der Waals surface area contributed by atoms with E-state index in [0.29, 0.717) is 44.5 Å². The number of pyridine rings is 1. The van der Waals surface area contributed by atoms with Crippen LogP contribution in [0.2, 0.25) is 0 Å². The lowest BCUT2D eigenvalue weighted by Gasteiger charge is -2.14. The van der Waals surface area contributed by atoms with Gasteiger partial charge in [-0.25, -0.2) is 9.37 Å². The molecule has 4 N–H and O–H groups in total. The molecular weight excluding hydrogens is 594 g/mol. The second-order valence-electron chi connectivity index (χ2n) is 9.74. The summed E-state index contributed by atoms with van der Waals surface area (Å²) in [5, 5.41) is 4.67. The number of ether oxygens (including phenoxy) is 1. The molecule has 9 nitrogen and oxygen atoms in total. The number of hydrogen-bond donors (Lipinski definition) is 3. The van der Waals surface area contributed by atoms with Crippen LogP contribution >= 0.6 is 0 Å². The van der Waals surface area contributed by atoms with Crippen LogP contribution in [-0.2, 0) is 16.6 Å². The van der Waals surface area contributed by atoms with Gasteiger partial charge >= 0.3 is 6.18 Å². The molecule has 0 atom stereocenters. The third-order valence-corrected chi connectivity index (χ3v) is 6.74. The maximum Gasteiger partial charge on any atom is 0.405 e. The number of rotatable bonds is 8. The van der Waals surface area contributed by atoms with E-state index in [-0.39, 0.29) is 29.3 Å². The minimum Gasteiger partial charge on any atom is -0.496 e. The van der Waals surface area contributed by atoms with E-state index >= 15 is 0 Å². The monoisotopic (exact) mass is 621 g/mol. The Kier molecular flexibility index (Phi) is 9.27. The molecular formula is C32H27F4N5O4. The molecule has 2 aromatic heterocycles. The van der Waals surface area contributed by atoms with Crippen molar-refractivity contribution < 1.29 is 36.7 Å². The van der Waals surface area contributed by atoms with Crippen molar-refractivity contribution in [2.24, 2.45) is 7.05 Å². The molecule has 4 aromatic rings. The highest BCUT2D eigenvalue weighted by Gasteiger charge is 2.29. The van der Waals surface area contributed by atoms with Gasteiger partial charge in [-0.1, -0.05) is 37.6 Å². The van der Waals surface area contributed by atoms with Crippen molar-refractivity contribution in [2.45, 2.75) is 19.5 Å². The summed E-state index contributed by atoms with van der Waals surface area (Å²) >= 11 is 0. The Morgan fingerprint density at radius 1 is 1.11 bits per heavy atom. The lowest BCUT2D eigenvalue weighted by atomic mass is 9.96. The van der Waals surface area contributed by atoms with Gasteiger partial charge in [0.1, 0.15) is 18.1 Å². The topological polar surface area (TPSA) is 128 Å². The summed E-state index contributed by atoms with van der Waals surface area (Å²) in [6.45, 7) is 3.14. The van der Waals surface area contributed by atoms with Gasteiger partial charge in [-0.2, -0.15) is 13.2 Å². The molecule has 2 heterocycles. The van der Waals surface area contributed by atoms with Crippen molar-refractivity contribution >= 4 is 40.0 Å². The van der Waals surface area contributed by atoms with Crippen LogP contribution in [0.25, 0.3) is 33.3 Å². The number of nitrogens with two attached hydrogens (primary N) is 1. The Morgan fingerprint density at radius 2 is 1.78 bits per heavy atom. The molecule has 4 rings (SSSR count). The highest BCUT2D eigenvalue weighted by atomic mass is 19.4. The molecule has 0 saturated carbocycles. The standard InChI is InChI=1S/C32H27F4N5O4/c1-5-22(42)12-8-20-15-38-29(37)26-25(19-9-13-23(24(14-19)45-4)31(44)39-16-32(34,35)36)27(41(3)28(20)26)18-6-10-21(11-7-18)40-30(43)17(2)33/h6-7,9-11,13-15H,2,5,16H2,1,3-4H3,(H2,37,38)(H,39,44)(H,40,43). The molecule has 232 valence electrons. The van der Waals surface area contributed by atoms with Crippen LogP contribution in [0.3, 0.4) is 0 Å². The van der Waals surface area contributed by atoms with Crippen molar-refractivity contribution in [1.29, 1.82) is 0 Å². The Morgan fingerprint density at radius 3 is 2.38 bits per heavy atom. The highest BCUT2D eigenvalue weighted by Crippen LogP contribution is 2.44. The fourth-order valence-electron chi connectivity index (χ4n) is 4.66. The number of methoxy groups -OCH3 is 1. The molecule has 2 amide bonds. The van der Waals surface area contributed by atoms with Gasteiger partial charge in [-0.15, -0.1) is 0 Å². The quantitative estimate of drug-likeness (QED) is 0.135. The fourth-order valence-corrected chi connectivity index (χ4v) is 4.66. The number of anilines is 2. The summed E-state index contributed by atoms with van der Waals surface area (Å²) in [5.41, 5.74) is 9.66. The average molecular weight is 622 g/mol. The Bertz CT molecular complexity index is 1900. The minimum absolute atomic E-state index is 0.00402. The van der Waals surface area contributed by atoms with Crippen molar-refractivity contribution in [3.8, 4) is 40.0 Å². The number of aryl methyl sites for hydroxylation is 1. The molecule has 0 saturated heterocycles. The molecule has 45 heavy (non-hydrogen) atoms. The minimum atomic E-state index is -4.61. The van der Waals surface area contributed by atoms with Gasteiger partial charge in [-0.3, -0.25) is 14.4 Å². The van der Waals surface area contributed by atoms with Gasteiger partial charge < -0.3 is 25.7 Å². The number of Topliss-reactive ketones (excluding diaryl/α,β-unsaturated/α-hetero) is 1. The predicted molar refractivity (Wildman–Crippen MR) is 162 cm³/mol. The molecule has 13 heteroatoms. The van der Waals surface area contributed by atoms with Crippen molar-refractivity contribution in [1.82, 2.24) is 14.9 Å². The zero-order valence-corrected chi connectivity index (χ0v) is 24.4. The number of carbonyl (C=O) groups excluding carboxylic acids is 3. The number of ketones is 1. The number of fused-ring (bicyclic) bond motifs is 1. The third-order valence-electron chi connectivity index (χ3n) is 6.74. The first kappa shape index (κ1) is 32.3. The number of hydrogen-bond acceptors (Lipinski definition) is 6. The van der Waals surface area contributed by atoms with Crippen LogP contribution in [-0.4, -0.2) is 47.0 Å². The molecule has 0 fully saturated rings. The molecule has 0 radical (unpaired) electrons. The second-order valence-corrected chi connectivity index (χ2v) is 9.74. The maximum absolute atomic E-state index is 13.2. The normalized spacial score (nSPS) is 11.0. The van der Waals surface area contributed by atoms with Gasteiger partial charge in [0.25, 0.3) is 11.8 Å². The van der Waals surface area contributed by atoms with E-state index in [0.717, 1.165) is 0 Å². The zero-order chi connectivity index (χ0) is 33.1. The number of nitrogen functional groups attached to an aromatic ring is 1. The number of amides is 2. The number of alkyl halides is 3. The lowest BCUT2D eigenvalue weighted by molar-refractivity contribution is -0.123. The van der Waals surface area contributed by atoms with Crippen LogP contribution in [0.15, 0.2) is 61.1 Å². The van der Waals surface area contributed by atoms with Crippen LogP contribution in [0, 0.1) is 11.8 Å². The first-order valence-electron chi connectivity index (χ1n) is 13.4.